The van der Waals surface area contributed by atoms with E-state index in [4.69, 9.17) is 46.4 Å². The molecular formula is C28H16Cl4. The lowest BCUT2D eigenvalue weighted by Crippen LogP contribution is -1.93. The van der Waals surface area contributed by atoms with Gasteiger partial charge in [-0.2, -0.15) is 0 Å². The van der Waals surface area contributed by atoms with Crippen molar-refractivity contribution >= 4 is 57.2 Å². The predicted molar refractivity (Wildman–Crippen MR) is 140 cm³/mol. The van der Waals surface area contributed by atoms with Crippen molar-refractivity contribution in [1.82, 2.24) is 0 Å². The van der Waals surface area contributed by atoms with E-state index < -0.39 is 0 Å². The first kappa shape index (κ1) is 21.4. The van der Waals surface area contributed by atoms with Crippen molar-refractivity contribution in [3.8, 4) is 33.4 Å². The van der Waals surface area contributed by atoms with E-state index in [1.54, 1.807) is 0 Å². The first-order valence-electron chi connectivity index (χ1n) is 10.0. The standard InChI is InChI=1S/C28H16Cl4/c29-21-8-1-17(2-9-21)25-15-20-7-14-24(32)16-26(20)28(19-5-12-23(31)13-6-19)27(25)18-3-10-22(30)11-4-18/h1-16H. The molecule has 0 bridgehead atoms. The Morgan fingerprint density at radius 2 is 0.812 bits per heavy atom. The van der Waals surface area contributed by atoms with Crippen molar-refractivity contribution in [2.24, 2.45) is 0 Å². The van der Waals surface area contributed by atoms with Crippen LogP contribution in [-0.4, -0.2) is 0 Å². The molecule has 0 amide bonds. The fraction of sp³-hybridized carbons (Fsp3) is 0. The second kappa shape index (κ2) is 8.81. The van der Waals surface area contributed by atoms with E-state index in [0.29, 0.717) is 20.1 Å². The van der Waals surface area contributed by atoms with Crippen LogP contribution in [0.2, 0.25) is 20.1 Å². The predicted octanol–water partition coefficient (Wildman–Crippen LogP) is 10.5. The number of benzene rings is 5. The average Bonchev–Trinajstić information content (AvgIpc) is 2.80. The summed E-state index contributed by atoms with van der Waals surface area (Å²) in [6, 6.07) is 32.0. The monoisotopic (exact) mass is 492 g/mol. The highest BCUT2D eigenvalue weighted by Gasteiger charge is 2.18. The molecule has 0 spiro atoms. The lowest BCUT2D eigenvalue weighted by atomic mass is 9.84. The molecular weight excluding hydrogens is 478 g/mol. The average molecular weight is 494 g/mol. The third kappa shape index (κ3) is 4.12. The van der Waals surface area contributed by atoms with Crippen LogP contribution < -0.4 is 0 Å². The van der Waals surface area contributed by atoms with E-state index in [9.17, 15) is 0 Å². The number of hydrogen-bond acceptors (Lipinski definition) is 0. The molecule has 0 aliphatic heterocycles. The molecule has 0 N–H and O–H groups in total. The summed E-state index contributed by atoms with van der Waals surface area (Å²) in [6.45, 7) is 0. The minimum absolute atomic E-state index is 0.689. The summed E-state index contributed by atoms with van der Waals surface area (Å²) in [4.78, 5) is 0. The zero-order chi connectivity index (χ0) is 22.2. The SMILES string of the molecule is Clc1ccc(-c2cc3ccc(Cl)cc3c(-c3ccc(Cl)cc3)c2-c2ccc(Cl)cc2)cc1. The van der Waals surface area contributed by atoms with Crippen molar-refractivity contribution in [2.45, 2.75) is 0 Å². The highest BCUT2D eigenvalue weighted by Crippen LogP contribution is 2.45. The molecule has 0 aliphatic rings. The van der Waals surface area contributed by atoms with Gasteiger partial charge in [0.05, 0.1) is 0 Å². The summed E-state index contributed by atoms with van der Waals surface area (Å²) in [5.74, 6) is 0. The van der Waals surface area contributed by atoms with Crippen LogP contribution in [0.4, 0.5) is 0 Å². The molecule has 0 heterocycles. The van der Waals surface area contributed by atoms with Crippen LogP contribution in [0.5, 0.6) is 0 Å². The molecule has 4 heteroatoms. The normalized spacial score (nSPS) is 11.1. The number of hydrogen-bond donors (Lipinski definition) is 0. The Labute approximate surface area is 206 Å². The second-order valence-corrected chi connectivity index (χ2v) is 9.31. The third-order valence-electron chi connectivity index (χ3n) is 5.52. The third-order valence-corrected chi connectivity index (χ3v) is 6.52. The summed E-state index contributed by atoms with van der Waals surface area (Å²) in [7, 11) is 0. The molecule has 0 saturated heterocycles. The maximum absolute atomic E-state index is 6.44. The van der Waals surface area contributed by atoms with Crippen LogP contribution in [0.1, 0.15) is 0 Å². The fourth-order valence-electron chi connectivity index (χ4n) is 4.06. The molecule has 0 atom stereocenters. The molecule has 0 fully saturated rings. The lowest BCUT2D eigenvalue weighted by molar-refractivity contribution is 1.58. The number of halogens is 4. The summed E-state index contributed by atoms with van der Waals surface area (Å²) in [5, 5.41) is 4.95. The van der Waals surface area contributed by atoms with Crippen LogP contribution in [0.25, 0.3) is 44.2 Å². The van der Waals surface area contributed by atoms with Crippen LogP contribution >= 0.6 is 46.4 Å². The van der Waals surface area contributed by atoms with Gasteiger partial charge in [-0.15, -0.1) is 0 Å². The van der Waals surface area contributed by atoms with Gasteiger partial charge in [-0.3, -0.25) is 0 Å². The van der Waals surface area contributed by atoms with Gasteiger partial charge in [-0.05, 0) is 98.8 Å². The van der Waals surface area contributed by atoms with E-state index in [2.05, 4.69) is 12.1 Å². The number of rotatable bonds is 3. The van der Waals surface area contributed by atoms with E-state index in [0.717, 1.165) is 44.2 Å². The lowest BCUT2D eigenvalue weighted by Gasteiger charge is -2.20. The molecule has 0 aromatic heterocycles. The summed E-state index contributed by atoms with van der Waals surface area (Å²) in [6.07, 6.45) is 0. The van der Waals surface area contributed by atoms with Crippen LogP contribution in [-0.2, 0) is 0 Å². The molecule has 0 nitrogen and oxygen atoms in total. The Kier molecular flexibility index (Phi) is 5.88. The Hall–Kier alpha value is -2.48. The summed E-state index contributed by atoms with van der Waals surface area (Å²) >= 11 is 25.1. The molecule has 5 aromatic rings. The minimum atomic E-state index is 0.689. The van der Waals surface area contributed by atoms with Crippen molar-refractivity contribution in [3.63, 3.8) is 0 Å². The zero-order valence-corrected chi connectivity index (χ0v) is 19.8. The van der Waals surface area contributed by atoms with Crippen molar-refractivity contribution in [3.05, 3.63) is 117 Å². The van der Waals surface area contributed by atoms with Crippen molar-refractivity contribution in [2.75, 3.05) is 0 Å². The van der Waals surface area contributed by atoms with Gasteiger partial charge in [0, 0.05) is 20.1 Å². The summed E-state index contributed by atoms with van der Waals surface area (Å²) in [5.41, 5.74) is 6.48. The zero-order valence-electron chi connectivity index (χ0n) is 16.7. The highest BCUT2D eigenvalue weighted by atomic mass is 35.5. The van der Waals surface area contributed by atoms with Gasteiger partial charge in [-0.1, -0.05) is 88.9 Å². The summed E-state index contributed by atoms with van der Waals surface area (Å²) < 4.78 is 0. The molecule has 5 rings (SSSR count). The van der Waals surface area contributed by atoms with Gasteiger partial charge < -0.3 is 0 Å². The Balaban J connectivity index is 1.95. The quantitative estimate of drug-likeness (QED) is 0.234. The molecule has 0 unspecified atom stereocenters. The van der Waals surface area contributed by atoms with Gasteiger partial charge in [-0.25, -0.2) is 0 Å². The Morgan fingerprint density at radius 1 is 0.375 bits per heavy atom. The molecule has 156 valence electrons. The van der Waals surface area contributed by atoms with E-state index in [1.807, 2.05) is 84.9 Å². The second-order valence-electron chi connectivity index (χ2n) is 7.56. The Morgan fingerprint density at radius 3 is 1.34 bits per heavy atom. The topological polar surface area (TPSA) is 0 Å². The largest absolute Gasteiger partial charge is 0.0843 e. The maximum atomic E-state index is 6.44. The van der Waals surface area contributed by atoms with Gasteiger partial charge in [0.2, 0.25) is 0 Å². The first-order chi connectivity index (χ1) is 15.5. The molecule has 32 heavy (non-hydrogen) atoms. The van der Waals surface area contributed by atoms with E-state index >= 15 is 0 Å². The van der Waals surface area contributed by atoms with Gasteiger partial charge in [0.15, 0.2) is 0 Å². The van der Waals surface area contributed by atoms with E-state index in [1.165, 1.54) is 0 Å². The maximum Gasteiger partial charge on any atom is 0.0412 e. The smallest absolute Gasteiger partial charge is 0.0412 e. The molecule has 0 saturated carbocycles. The Bertz CT molecular complexity index is 1420. The molecule has 0 radical (unpaired) electrons. The first-order valence-corrected chi connectivity index (χ1v) is 11.5. The van der Waals surface area contributed by atoms with E-state index in [-0.39, 0.29) is 0 Å². The molecule has 0 aliphatic carbocycles. The molecule has 5 aromatic carbocycles. The fourth-order valence-corrected chi connectivity index (χ4v) is 4.61. The highest BCUT2D eigenvalue weighted by molar-refractivity contribution is 6.32. The van der Waals surface area contributed by atoms with Gasteiger partial charge >= 0.3 is 0 Å². The van der Waals surface area contributed by atoms with Crippen molar-refractivity contribution in [1.29, 1.82) is 0 Å². The number of fused-ring (bicyclic) bond motifs is 1. The minimum Gasteiger partial charge on any atom is -0.0843 e. The van der Waals surface area contributed by atoms with Crippen LogP contribution in [0.3, 0.4) is 0 Å². The van der Waals surface area contributed by atoms with Crippen LogP contribution in [0, 0.1) is 0 Å². The van der Waals surface area contributed by atoms with Gasteiger partial charge in [0.1, 0.15) is 0 Å². The van der Waals surface area contributed by atoms with Gasteiger partial charge in [0.25, 0.3) is 0 Å². The van der Waals surface area contributed by atoms with Crippen LogP contribution in [0.15, 0.2) is 97.1 Å². The van der Waals surface area contributed by atoms with Crippen molar-refractivity contribution < 1.29 is 0 Å².